The Kier molecular flexibility index (Phi) is 2.99. The molecule has 2 aliphatic rings. The molecule has 1 aliphatic heterocycles. The van der Waals surface area contributed by atoms with Crippen LogP contribution >= 0.6 is 0 Å². The number of nitriles is 1. The smallest absolute Gasteiger partial charge is 0.209 e. The van der Waals surface area contributed by atoms with Crippen molar-refractivity contribution in [1.29, 1.82) is 5.26 Å². The van der Waals surface area contributed by atoms with E-state index in [-0.39, 0.29) is 11.4 Å². The molecule has 5 nitrogen and oxygen atoms in total. The number of hydrogen-bond donors (Lipinski definition) is 0. The molecule has 18 heavy (non-hydrogen) atoms. The summed E-state index contributed by atoms with van der Waals surface area (Å²) in [5, 5.41) is 9.05. The van der Waals surface area contributed by atoms with E-state index in [9.17, 15) is 9.59 Å². The summed E-state index contributed by atoms with van der Waals surface area (Å²) in [5.41, 5.74) is -1.19. The normalized spacial score (nSPS) is 30.8. The Hall–Kier alpha value is -1.67. The molecule has 0 aromatic carbocycles. The van der Waals surface area contributed by atoms with E-state index in [0.717, 1.165) is 6.41 Å². The lowest BCUT2D eigenvalue weighted by atomic mass is 9.69. The maximum atomic E-state index is 12.0. The zero-order valence-electron chi connectivity index (χ0n) is 10.6. The molecule has 1 atom stereocenters. The molecule has 1 heterocycles. The van der Waals surface area contributed by atoms with E-state index >= 15 is 0 Å². The van der Waals surface area contributed by atoms with Crippen molar-refractivity contribution in [2.24, 2.45) is 5.41 Å². The van der Waals surface area contributed by atoms with Gasteiger partial charge >= 0.3 is 0 Å². The number of morpholine rings is 1. The molecular weight excluding hydrogens is 232 g/mol. The maximum absolute atomic E-state index is 12.0. The highest BCUT2D eigenvalue weighted by molar-refractivity contribution is 6.03. The Morgan fingerprint density at radius 1 is 1.56 bits per heavy atom. The zero-order chi connectivity index (χ0) is 13.4. The van der Waals surface area contributed by atoms with Gasteiger partial charge in [0.05, 0.1) is 18.7 Å². The van der Waals surface area contributed by atoms with Crippen molar-refractivity contribution in [3.05, 3.63) is 11.6 Å². The van der Waals surface area contributed by atoms with Gasteiger partial charge in [-0.3, -0.25) is 9.59 Å². The monoisotopic (exact) mass is 248 g/mol. The minimum atomic E-state index is -0.693. The van der Waals surface area contributed by atoms with E-state index in [4.69, 9.17) is 10.00 Å². The van der Waals surface area contributed by atoms with Crippen molar-refractivity contribution < 1.29 is 14.3 Å². The van der Waals surface area contributed by atoms with Gasteiger partial charge in [0.1, 0.15) is 11.7 Å². The van der Waals surface area contributed by atoms with E-state index in [2.05, 4.69) is 0 Å². The first-order valence-electron chi connectivity index (χ1n) is 5.93. The summed E-state index contributed by atoms with van der Waals surface area (Å²) in [6.07, 6.45) is 2.87. The minimum Gasteiger partial charge on any atom is -0.367 e. The highest BCUT2D eigenvalue weighted by atomic mass is 16.5. The zero-order valence-corrected chi connectivity index (χ0v) is 10.6. The van der Waals surface area contributed by atoms with E-state index in [1.165, 1.54) is 0 Å². The third-order valence-corrected chi connectivity index (χ3v) is 3.52. The third kappa shape index (κ3) is 2.04. The molecule has 0 N–H and O–H groups in total. The number of nitrogens with zero attached hydrogens (tertiary/aromatic N) is 2. The molecule has 0 saturated carbocycles. The lowest BCUT2D eigenvalue weighted by molar-refractivity contribution is -0.143. The number of hydrogen-bond acceptors (Lipinski definition) is 4. The quantitative estimate of drug-likeness (QED) is 0.639. The fraction of sp³-hybridized carbons (Fsp3) is 0.615. The lowest BCUT2D eigenvalue weighted by Crippen LogP contribution is -2.55. The van der Waals surface area contributed by atoms with Gasteiger partial charge < -0.3 is 9.64 Å². The third-order valence-electron chi connectivity index (χ3n) is 3.52. The van der Waals surface area contributed by atoms with Crippen LogP contribution in [-0.2, 0) is 14.3 Å². The predicted molar refractivity (Wildman–Crippen MR) is 63.4 cm³/mol. The van der Waals surface area contributed by atoms with Gasteiger partial charge in [-0.05, 0) is 12.5 Å². The molecule has 1 amide bonds. The van der Waals surface area contributed by atoms with Gasteiger partial charge in [0.25, 0.3) is 0 Å². The number of ether oxygens (including phenoxy) is 1. The molecule has 96 valence electrons. The van der Waals surface area contributed by atoms with Crippen LogP contribution in [0, 0.1) is 16.7 Å². The molecule has 0 bridgehead atoms. The molecule has 0 radical (unpaired) electrons. The van der Waals surface area contributed by atoms with Crippen molar-refractivity contribution >= 4 is 12.2 Å². The first-order valence-corrected chi connectivity index (χ1v) is 5.93. The second-order valence-electron chi connectivity index (χ2n) is 5.55. The second-order valence-corrected chi connectivity index (χ2v) is 5.55. The van der Waals surface area contributed by atoms with Crippen LogP contribution < -0.4 is 0 Å². The van der Waals surface area contributed by atoms with Crippen LogP contribution in [0.25, 0.3) is 0 Å². The van der Waals surface area contributed by atoms with E-state index in [0.29, 0.717) is 26.1 Å². The van der Waals surface area contributed by atoms with Crippen molar-refractivity contribution in [3.8, 4) is 6.07 Å². The van der Waals surface area contributed by atoms with Gasteiger partial charge in [0.2, 0.25) is 6.41 Å². The summed E-state index contributed by atoms with van der Waals surface area (Å²) < 4.78 is 5.77. The van der Waals surface area contributed by atoms with Gasteiger partial charge in [0.15, 0.2) is 5.78 Å². The number of carbonyl (C=O) groups excluding carboxylic acids is 2. The van der Waals surface area contributed by atoms with Crippen molar-refractivity contribution in [3.63, 3.8) is 0 Å². The number of allylic oxidation sites excluding steroid dienone is 1. The van der Waals surface area contributed by atoms with E-state index < -0.39 is 11.0 Å². The van der Waals surface area contributed by atoms with Crippen LogP contribution in [0.4, 0.5) is 0 Å². The topological polar surface area (TPSA) is 70.4 Å². The predicted octanol–water partition coefficient (Wildman–Crippen LogP) is 0.663. The van der Waals surface area contributed by atoms with Crippen molar-refractivity contribution in [1.82, 2.24) is 4.90 Å². The van der Waals surface area contributed by atoms with Crippen molar-refractivity contribution in [2.45, 2.75) is 25.9 Å². The molecule has 1 aliphatic carbocycles. The SMILES string of the molecule is CC1(C)CC2(C=C(C#N)C1=O)CN(C=O)CCO2. The Balaban J connectivity index is 2.39. The number of ketones is 1. The lowest BCUT2D eigenvalue weighted by Gasteiger charge is -2.45. The first kappa shape index (κ1) is 12.8. The largest absolute Gasteiger partial charge is 0.367 e. The van der Waals surface area contributed by atoms with Crippen LogP contribution in [0.5, 0.6) is 0 Å². The Morgan fingerprint density at radius 2 is 2.28 bits per heavy atom. The van der Waals surface area contributed by atoms with Crippen LogP contribution in [0.2, 0.25) is 0 Å². The van der Waals surface area contributed by atoms with Crippen LogP contribution in [0.15, 0.2) is 11.6 Å². The molecule has 1 spiro atoms. The maximum Gasteiger partial charge on any atom is 0.209 e. The number of amides is 1. The Morgan fingerprint density at radius 3 is 2.89 bits per heavy atom. The average molecular weight is 248 g/mol. The van der Waals surface area contributed by atoms with Gasteiger partial charge in [-0.15, -0.1) is 0 Å². The highest BCUT2D eigenvalue weighted by Crippen LogP contribution is 2.40. The van der Waals surface area contributed by atoms with Crippen molar-refractivity contribution in [2.75, 3.05) is 19.7 Å². The summed E-state index contributed by atoms with van der Waals surface area (Å²) >= 11 is 0. The van der Waals surface area contributed by atoms with Crippen LogP contribution in [0.3, 0.4) is 0 Å². The Labute approximate surface area is 106 Å². The first-order chi connectivity index (χ1) is 8.42. The van der Waals surface area contributed by atoms with Gasteiger partial charge in [-0.2, -0.15) is 5.26 Å². The molecular formula is C13H16N2O3. The average Bonchev–Trinajstić information content (AvgIpc) is 2.33. The summed E-state index contributed by atoms with van der Waals surface area (Å²) in [6, 6.07) is 1.94. The van der Waals surface area contributed by atoms with E-state index in [1.807, 2.05) is 19.9 Å². The fourth-order valence-electron chi connectivity index (χ4n) is 2.77. The minimum absolute atomic E-state index is 0.138. The number of rotatable bonds is 1. The molecule has 0 aromatic rings. The fourth-order valence-corrected chi connectivity index (χ4v) is 2.77. The molecule has 0 aromatic heterocycles. The van der Waals surface area contributed by atoms with Crippen LogP contribution in [0.1, 0.15) is 20.3 Å². The molecule has 5 heteroatoms. The summed E-state index contributed by atoms with van der Waals surface area (Å²) in [6.45, 7) is 5.00. The number of carbonyl (C=O) groups is 2. The molecule has 1 unspecified atom stereocenters. The summed E-state index contributed by atoms with van der Waals surface area (Å²) in [5.74, 6) is -0.151. The Bertz CT molecular complexity index is 461. The van der Waals surface area contributed by atoms with Gasteiger partial charge in [-0.1, -0.05) is 13.8 Å². The van der Waals surface area contributed by atoms with E-state index in [1.54, 1.807) is 11.0 Å². The molecule has 1 fully saturated rings. The summed E-state index contributed by atoms with van der Waals surface area (Å²) in [7, 11) is 0. The highest BCUT2D eigenvalue weighted by Gasteiger charge is 2.47. The van der Waals surface area contributed by atoms with Crippen LogP contribution in [-0.4, -0.2) is 42.4 Å². The molecule has 2 rings (SSSR count). The number of Topliss-reactive ketones (excluding diaryl/α,β-unsaturated/α-hetero) is 1. The second kappa shape index (κ2) is 4.21. The molecule has 1 saturated heterocycles. The standard InChI is InChI=1S/C13H16N2O3/c1-12(2)7-13(5-10(6-14)11(12)17)8-15(9-16)3-4-18-13/h5,9H,3-4,7-8H2,1-2H3. The van der Waals surface area contributed by atoms with Gasteiger partial charge in [-0.25, -0.2) is 0 Å². The summed E-state index contributed by atoms with van der Waals surface area (Å²) in [4.78, 5) is 24.5. The van der Waals surface area contributed by atoms with Gasteiger partial charge in [0, 0.05) is 12.0 Å².